The molecule has 3 heteroatoms. The highest BCUT2D eigenvalue weighted by Gasteiger charge is 2.49. The Morgan fingerprint density at radius 1 is 1.15 bits per heavy atom. The van der Waals surface area contributed by atoms with Gasteiger partial charge in [0.1, 0.15) is 6.54 Å². The van der Waals surface area contributed by atoms with E-state index in [1.165, 1.54) is 37.8 Å². The second-order valence-electron chi connectivity index (χ2n) is 7.34. The zero-order chi connectivity index (χ0) is 13.9. The molecule has 0 aliphatic heterocycles. The van der Waals surface area contributed by atoms with Gasteiger partial charge in [-0.3, -0.25) is 4.79 Å². The SMILES string of the molecule is Cc1ccc(C2C3CC4CC(C3)CC2C4)n1CC(=O)O. The van der Waals surface area contributed by atoms with Gasteiger partial charge in [-0.25, -0.2) is 0 Å². The van der Waals surface area contributed by atoms with Gasteiger partial charge < -0.3 is 9.67 Å². The highest BCUT2D eigenvalue weighted by Crippen LogP contribution is 2.59. The lowest BCUT2D eigenvalue weighted by molar-refractivity contribution is -0.137. The van der Waals surface area contributed by atoms with E-state index in [4.69, 9.17) is 5.11 Å². The van der Waals surface area contributed by atoms with Crippen LogP contribution >= 0.6 is 0 Å². The third-order valence-corrected chi connectivity index (χ3v) is 6.09. The van der Waals surface area contributed by atoms with E-state index in [-0.39, 0.29) is 6.54 Å². The number of nitrogens with zero attached hydrogens (tertiary/aromatic N) is 1. The number of carboxylic acids is 1. The van der Waals surface area contributed by atoms with Crippen molar-refractivity contribution in [2.24, 2.45) is 23.7 Å². The normalized spacial score (nSPS) is 38.4. The molecule has 1 N–H and O–H groups in total. The van der Waals surface area contributed by atoms with Crippen molar-refractivity contribution in [3.63, 3.8) is 0 Å². The molecule has 0 amide bonds. The molecule has 1 heterocycles. The van der Waals surface area contributed by atoms with Crippen LogP contribution < -0.4 is 0 Å². The maximum absolute atomic E-state index is 11.1. The first-order valence-electron chi connectivity index (χ1n) is 7.99. The summed E-state index contributed by atoms with van der Waals surface area (Å²) < 4.78 is 2.05. The molecule has 0 spiro atoms. The lowest BCUT2D eigenvalue weighted by Crippen LogP contribution is -2.44. The van der Waals surface area contributed by atoms with E-state index in [0.717, 1.165) is 29.4 Å². The topological polar surface area (TPSA) is 42.2 Å². The van der Waals surface area contributed by atoms with Crippen LogP contribution in [0.3, 0.4) is 0 Å². The molecule has 3 nitrogen and oxygen atoms in total. The van der Waals surface area contributed by atoms with Crippen molar-refractivity contribution in [2.45, 2.75) is 51.5 Å². The maximum atomic E-state index is 11.1. The molecule has 5 rings (SSSR count). The first kappa shape index (κ1) is 12.5. The Labute approximate surface area is 120 Å². The number of hydrogen-bond acceptors (Lipinski definition) is 1. The summed E-state index contributed by atoms with van der Waals surface area (Å²) >= 11 is 0. The number of hydrogen-bond donors (Lipinski definition) is 1. The third kappa shape index (κ3) is 1.82. The van der Waals surface area contributed by atoms with Crippen LogP contribution in [-0.4, -0.2) is 15.6 Å². The first-order chi connectivity index (χ1) is 9.61. The zero-order valence-electron chi connectivity index (χ0n) is 12.1. The van der Waals surface area contributed by atoms with Crippen molar-refractivity contribution >= 4 is 5.97 Å². The second kappa shape index (κ2) is 4.37. The Morgan fingerprint density at radius 2 is 1.75 bits per heavy atom. The van der Waals surface area contributed by atoms with Crippen molar-refractivity contribution in [1.82, 2.24) is 4.57 Å². The fraction of sp³-hybridized carbons (Fsp3) is 0.706. The largest absolute Gasteiger partial charge is 0.480 e. The number of aryl methyl sites for hydroxylation is 1. The second-order valence-corrected chi connectivity index (χ2v) is 7.34. The molecule has 1 aromatic rings. The minimum absolute atomic E-state index is 0.122. The van der Waals surface area contributed by atoms with E-state index >= 15 is 0 Å². The van der Waals surface area contributed by atoms with Gasteiger partial charge in [-0.2, -0.15) is 0 Å². The van der Waals surface area contributed by atoms with Gasteiger partial charge in [-0.05, 0) is 74.8 Å². The third-order valence-electron chi connectivity index (χ3n) is 6.09. The molecule has 4 bridgehead atoms. The molecule has 4 aliphatic rings. The minimum atomic E-state index is -0.727. The lowest BCUT2D eigenvalue weighted by Gasteiger charge is -2.54. The van der Waals surface area contributed by atoms with Crippen molar-refractivity contribution < 1.29 is 9.90 Å². The van der Waals surface area contributed by atoms with Crippen LogP contribution in [0.4, 0.5) is 0 Å². The number of aromatic nitrogens is 1. The molecule has 0 atom stereocenters. The molecule has 4 fully saturated rings. The molecule has 4 aliphatic carbocycles. The Hall–Kier alpha value is -1.25. The summed E-state index contributed by atoms with van der Waals surface area (Å²) in [6.07, 6.45) is 7.00. The highest BCUT2D eigenvalue weighted by molar-refractivity contribution is 5.67. The summed E-state index contributed by atoms with van der Waals surface area (Å²) in [5, 5.41) is 9.16. The van der Waals surface area contributed by atoms with Crippen LogP contribution in [0.25, 0.3) is 0 Å². The van der Waals surface area contributed by atoms with E-state index in [9.17, 15) is 4.79 Å². The smallest absolute Gasteiger partial charge is 0.323 e. The van der Waals surface area contributed by atoms with Crippen LogP contribution in [0.1, 0.15) is 49.4 Å². The van der Waals surface area contributed by atoms with Gasteiger partial charge >= 0.3 is 5.97 Å². The van der Waals surface area contributed by atoms with E-state index in [1.54, 1.807) is 0 Å². The standard InChI is InChI=1S/C17H23NO2/c1-10-2-3-15(18(10)9-16(19)20)17-13-5-11-4-12(7-13)8-14(17)6-11/h2-3,11-14,17H,4-9H2,1H3,(H,19,20). The van der Waals surface area contributed by atoms with Gasteiger partial charge in [-0.1, -0.05) is 0 Å². The number of carbonyl (C=O) groups is 1. The fourth-order valence-corrected chi connectivity index (χ4v) is 5.64. The van der Waals surface area contributed by atoms with Crippen molar-refractivity contribution in [3.8, 4) is 0 Å². The Kier molecular flexibility index (Phi) is 2.73. The van der Waals surface area contributed by atoms with Gasteiger partial charge in [-0.15, -0.1) is 0 Å². The predicted molar refractivity (Wildman–Crippen MR) is 76.6 cm³/mol. The zero-order valence-corrected chi connectivity index (χ0v) is 12.1. The Morgan fingerprint density at radius 3 is 2.30 bits per heavy atom. The number of aliphatic carboxylic acids is 1. The monoisotopic (exact) mass is 273 g/mol. The van der Waals surface area contributed by atoms with E-state index in [1.807, 2.05) is 6.92 Å². The molecule has 0 radical (unpaired) electrons. The van der Waals surface area contributed by atoms with Gasteiger partial charge in [0.05, 0.1) is 0 Å². The number of carboxylic acid groups (broad SMARTS) is 1. The summed E-state index contributed by atoms with van der Waals surface area (Å²) in [5.41, 5.74) is 2.40. The lowest BCUT2D eigenvalue weighted by atomic mass is 9.51. The first-order valence-corrected chi connectivity index (χ1v) is 7.99. The summed E-state index contributed by atoms with van der Waals surface area (Å²) in [6, 6.07) is 4.30. The van der Waals surface area contributed by atoms with Crippen molar-refractivity contribution in [3.05, 3.63) is 23.5 Å². The molecular weight excluding hydrogens is 250 g/mol. The van der Waals surface area contributed by atoms with E-state index < -0.39 is 5.97 Å². The average Bonchev–Trinajstić information content (AvgIpc) is 2.70. The molecule has 0 saturated heterocycles. The molecule has 4 saturated carbocycles. The van der Waals surface area contributed by atoms with Gasteiger partial charge in [0.25, 0.3) is 0 Å². The predicted octanol–water partition coefficient (Wildman–Crippen LogP) is 3.42. The Balaban J connectivity index is 1.69. The average molecular weight is 273 g/mol. The summed E-state index contributed by atoms with van der Waals surface area (Å²) in [5.74, 6) is 3.46. The minimum Gasteiger partial charge on any atom is -0.480 e. The van der Waals surface area contributed by atoms with Crippen LogP contribution in [0.5, 0.6) is 0 Å². The van der Waals surface area contributed by atoms with Crippen LogP contribution in [-0.2, 0) is 11.3 Å². The van der Waals surface area contributed by atoms with E-state index in [0.29, 0.717) is 5.92 Å². The fourth-order valence-electron chi connectivity index (χ4n) is 5.64. The van der Waals surface area contributed by atoms with Crippen LogP contribution in [0, 0.1) is 30.6 Å². The molecule has 0 unspecified atom stereocenters. The van der Waals surface area contributed by atoms with Gasteiger partial charge in [0.2, 0.25) is 0 Å². The molecule has 0 aromatic carbocycles. The summed E-state index contributed by atoms with van der Waals surface area (Å²) in [6.45, 7) is 2.15. The summed E-state index contributed by atoms with van der Waals surface area (Å²) in [7, 11) is 0. The van der Waals surface area contributed by atoms with Gasteiger partial charge in [0, 0.05) is 17.3 Å². The number of rotatable bonds is 3. The van der Waals surface area contributed by atoms with Crippen LogP contribution in [0.2, 0.25) is 0 Å². The molecular formula is C17H23NO2. The molecule has 20 heavy (non-hydrogen) atoms. The quantitative estimate of drug-likeness (QED) is 0.917. The van der Waals surface area contributed by atoms with Crippen molar-refractivity contribution in [2.75, 3.05) is 0 Å². The van der Waals surface area contributed by atoms with Crippen molar-refractivity contribution in [1.29, 1.82) is 0 Å². The van der Waals surface area contributed by atoms with Gasteiger partial charge in [0.15, 0.2) is 0 Å². The maximum Gasteiger partial charge on any atom is 0.323 e. The Bertz CT molecular complexity index is 517. The van der Waals surface area contributed by atoms with E-state index in [2.05, 4.69) is 16.7 Å². The highest BCUT2D eigenvalue weighted by atomic mass is 16.4. The summed E-state index contributed by atoms with van der Waals surface area (Å²) in [4.78, 5) is 11.1. The molecule has 1 aromatic heterocycles. The molecule has 108 valence electrons. The van der Waals surface area contributed by atoms with Crippen LogP contribution in [0.15, 0.2) is 12.1 Å².